The Bertz CT molecular complexity index is 1460. The molecule has 5 rings (SSSR count). The lowest BCUT2D eigenvalue weighted by molar-refractivity contribution is -0.153. The SMILES string of the molecule is CN(C)[C@H]1C(=O)C(C(N)=O)=C(O)[C@@]2(O)C(=O)C3=C(O)c4c(O)c(CN)cc(-c5ccccc5)c4C[C@H]3C[C@@H]12. The first-order valence-corrected chi connectivity index (χ1v) is 12.2. The summed E-state index contributed by atoms with van der Waals surface area (Å²) < 4.78 is 0. The van der Waals surface area contributed by atoms with Crippen LogP contribution in [0.1, 0.15) is 23.1 Å². The first-order chi connectivity index (χ1) is 17.9. The van der Waals surface area contributed by atoms with Gasteiger partial charge in [-0.25, -0.2) is 0 Å². The number of ketones is 2. The molecule has 1 fully saturated rings. The monoisotopic (exact) mass is 519 g/mol. The zero-order chi connectivity index (χ0) is 27.7. The molecule has 0 heterocycles. The van der Waals surface area contributed by atoms with E-state index in [1.165, 1.54) is 4.90 Å². The maximum Gasteiger partial charge on any atom is 0.255 e. The van der Waals surface area contributed by atoms with Crippen molar-refractivity contribution in [3.8, 4) is 16.9 Å². The highest BCUT2D eigenvalue weighted by atomic mass is 16.3. The smallest absolute Gasteiger partial charge is 0.255 e. The Balaban J connectivity index is 1.78. The van der Waals surface area contributed by atoms with Crippen molar-refractivity contribution in [3.05, 3.63) is 70.0 Å². The summed E-state index contributed by atoms with van der Waals surface area (Å²) in [5.74, 6) is -6.81. The van der Waals surface area contributed by atoms with Gasteiger partial charge in [-0.2, -0.15) is 0 Å². The fourth-order valence-corrected chi connectivity index (χ4v) is 6.40. The van der Waals surface area contributed by atoms with Crippen LogP contribution in [0.2, 0.25) is 0 Å². The van der Waals surface area contributed by atoms with Crippen LogP contribution in [0.15, 0.2) is 53.3 Å². The van der Waals surface area contributed by atoms with Gasteiger partial charge in [0.05, 0.1) is 11.6 Å². The number of rotatable bonds is 4. The first-order valence-electron chi connectivity index (χ1n) is 12.2. The van der Waals surface area contributed by atoms with E-state index < -0.39 is 58.0 Å². The summed E-state index contributed by atoms with van der Waals surface area (Å²) >= 11 is 0. The molecular formula is C28H29N3O7. The van der Waals surface area contributed by atoms with Gasteiger partial charge in [-0.05, 0) is 55.6 Å². The molecule has 198 valence electrons. The molecule has 3 aliphatic rings. The van der Waals surface area contributed by atoms with E-state index in [1.807, 2.05) is 30.3 Å². The minimum Gasteiger partial charge on any atom is -0.508 e. The van der Waals surface area contributed by atoms with E-state index in [-0.39, 0.29) is 36.3 Å². The second-order valence-corrected chi connectivity index (χ2v) is 10.3. The molecule has 0 aromatic heterocycles. The maximum absolute atomic E-state index is 14.0. The zero-order valence-corrected chi connectivity index (χ0v) is 20.9. The standard InChI is InChI=1S/C28H29N3O7/c1-31(2)21-17-10-13-8-16-15(12-6-4-3-5-7-12)9-14(11-29)22(32)19(16)23(33)18(13)25(35)28(17,38)26(36)20(24(21)34)27(30)37/h3-7,9,13,17,21,32-33,36,38H,8,10-11,29H2,1-2H3,(H2,30,37)/t13-,17-,21+,28-/m0/s1. The molecule has 0 saturated heterocycles. The molecule has 1 amide bonds. The number of carbonyl (C=O) groups excluding carboxylic acids is 3. The van der Waals surface area contributed by atoms with Gasteiger partial charge in [-0.15, -0.1) is 0 Å². The van der Waals surface area contributed by atoms with Crippen LogP contribution in [-0.2, 0) is 27.3 Å². The molecule has 1 saturated carbocycles. The van der Waals surface area contributed by atoms with Gasteiger partial charge in [0.1, 0.15) is 22.8 Å². The molecule has 0 bridgehead atoms. The summed E-state index contributed by atoms with van der Waals surface area (Å²) in [6.07, 6.45) is 0.233. The van der Waals surface area contributed by atoms with E-state index >= 15 is 0 Å². The molecule has 3 aliphatic carbocycles. The van der Waals surface area contributed by atoms with Gasteiger partial charge >= 0.3 is 0 Å². The van der Waals surface area contributed by atoms with Crippen molar-refractivity contribution in [2.45, 2.75) is 31.0 Å². The van der Waals surface area contributed by atoms with Crippen molar-refractivity contribution in [3.63, 3.8) is 0 Å². The van der Waals surface area contributed by atoms with Crippen LogP contribution in [0.5, 0.6) is 5.75 Å². The number of amides is 1. The summed E-state index contributed by atoms with van der Waals surface area (Å²) in [6, 6.07) is 9.95. The third-order valence-corrected chi connectivity index (χ3v) is 8.10. The number of likely N-dealkylation sites (N-methyl/N-ethyl adjacent to an activating group) is 1. The molecule has 0 unspecified atom stereocenters. The lowest BCUT2D eigenvalue weighted by atomic mass is 9.57. The van der Waals surface area contributed by atoms with Crippen LogP contribution in [0.4, 0.5) is 0 Å². The molecule has 2 aromatic rings. The van der Waals surface area contributed by atoms with Crippen LogP contribution in [0.3, 0.4) is 0 Å². The van der Waals surface area contributed by atoms with Gasteiger partial charge in [0, 0.05) is 23.6 Å². The summed E-state index contributed by atoms with van der Waals surface area (Å²) in [5, 5.41) is 45.2. The second kappa shape index (κ2) is 8.80. The van der Waals surface area contributed by atoms with Crippen molar-refractivity contribution in [1.82, 2.24) is 4.90 Å². The van der Waals surface area contributed by atoms with Crippen LogP contribution in [-0.4, -0.2) is 68.5 Å². The Morgan fingerprint density at radius 3 is 2.37 bits per heavy atom. The largest absolute Gasteiger partial charge is 0.508 e. The molecule has 10 nitrogen and oxygen atoms in total. The lowest BCUT2D eigenvalue weighted by Crippen LogP contribution is -2.65. The average molecular weight is 520 g/mol. The third kappa shape index (κ3) is 3.34. The molecule has 2 aromatic carbocycles. The normalized spacial score (nSPS) is 26.8. The number of hydrogen-bond donors (Lipinski definition) is 6. The minimum atomic E-state index is -2.67. The van der Waals surface area contributed by atoms with E-state index in [0.29, 0.717) is 11.1 Å². The average Bonchev–Trinajstić information content (AvgIpc) is 2.86. The zero-order valence-electron chi connectivity index (χ0n) is 20.9. The topological polar surface area (TPSA) is 187 Å². The molecule has 0 spiro atoms. The number of Topliss-reactive ketones (excluding diaryl/α,β-unsaturated/α-hetero) is 2. The van der Waals surface area contributed by atoms with Gasteiger partial charge < -0.3 is 31.9 Å². The van der Waals surface area contributed by atoms with Gasteiger partial charge in [0.15, 0.2) is 11.4 Å². The number of carbonyl (C=O) groups is 3. The molecular weight excluding hydrogens is 490 g/mol. The number of nitrogens with zero attached hydrogens (tertiary/aromatic N) is 1. The van der Waals surface area contributed by atoms with Crippen molar-refractivity contribution in [2.24, 2.45) is 23.3 Å². The molecule has 4 atom stereocenters. The molecule has 0 radical (unpaired) electrons. The maximum atomic E-state index is 14.0. The van der Waals surface area contributed by atoms with Crippen molar-refractivity contribution >= 4 is 23.2 Å². The lowest BCUT2D eigenvalue weighted by Gasteiger charge is -2.50. The van der Waals surface area contributed by atoms with E-state index in [0.717, 1.165) is 11.1 Å². The van der Waals surface area contributed by atoms with Crippen molar-refractivity contribution in [1.29, 1.82) is 0 Å². The Labute approximate surface area is 218 Å². The Morgan fingerprint density at radius 2 is 1.79 bits per heavy atom. The van der Waals surface area contributed by atoms with E-state index in [1.54, 1.807) is 20.2 Å². The Kier molecular flexibility index (Phi) is 5.94. The van der Waals surface area contributed by atoms with Gasteiger partial charge in [0.25, 0.3) is 5.91 Å². The first kappa shape index (κ1) is 25.7. The summed E-state index contributed by atoms with van der Waals surface area (Å²) in [4.78, 5) is 40.7. The fraction of sp³-hybridized carbons (Fsp3) is 0.321. The number of nitrogens with two attached hydrogens (primary N) is 2. The quantitative estimate of drug-likeness (QED) is 0.321. The number of hydrogen-bond acceptors (Lipinski definition) is 9. The Hall–Kier alpha value is -3.99. The molecule has 8 N–H and O–H groups in total. The van der Waals surface area contributed by atoms with Crippen molar-refractivity contribution < 1.29 is 34.8 Å². The fourth-order valence-electron chi connectivity index (χ4n) is 6.40. The Morgan fingerprint density at radius 1 is 1.13 bits per heavy atom. The minimum absolute atomic E-state index is 0.0272. The molecule has 10 heteroatoms. The van der Waals surface area contributed by atoms with E-state index in [9.17, 15) is 34.8 Å². The van der Waals surface area contributed by atoms with E-state index in [2.05, 4.69) is 0 Å². The van der Waals surface area contributed by atoms with Gasteiger partial charge in [-0.1, -0.05) is 30.3 Å². The number of aliphatic hydroxyl groups excluding tert-OH is 2. The summed E-state index contributed by atoms with van der Waals surface area (Å²) in [5.41, 5.74) is 10.0. The highest BCUT2D eigenvalue weighted by Crippen LogP contribution is 2.54. The highest BCUT2D eigenvalue weighted by molar-refractivity contribution is 6.24. The number of fused-ring (bicyclic) bond motifs is 3. The van der Waals surface area contributed by atoms with Crippen LogP contribution in [0, 0.1) is 11.8 Å². The predicted octanol–water partition coefficient (Wildman–Crippen LogP) is 1.09. The third-order valence-electron chi connectivity index (χ3n) is 8.10. The van der Waals surface area contributed by atoms with Gasteiger partial charge in [-0.3, -0.25) is 19.3 Å². The highest BCUT2D eigenvalue weighted by Gasteiger charge is 2.64. The number of primary amides is 1. The summed E-state index contributed by atoms with van der Waals surface area (Å²) in [7, 11) is 3.13. The van der Waals surface area contributed by atoms with Gasteiger partial charge in [0.2, 0.25) is 5.78 Å². The summed E-state index contributed by atoms with van der Waals surface area (Å²) in [6.45, 7) is -0.0386. The number of phenolic OH excluding ortho intramolecular Hbond substituents is 1. The molecule has 0 aliphatic heterocycles. The second-order valence-electron chi connectivity index (χ2n) is 10.3. The van der Waals surface area contributed by atoms with Crippen LogP contribution in [0.25, 0.3) is 16.9 Å². The number of benzene rings is 2. The van der Waals surface area contributed by atoms with Crippen LogP contribution >= 0.6 is 0 Å². The molecule has 38 heavy (non-hydrogen) atoms. The van der Waals surface area contributed by atoms with Crippen molar-refractivity contribution in [2.75, 3.05) is 14.1 Å². The number of aromatic hydroxyl groups is 1. The predicted molar refractivity (Wildman–Crippen MR) is 138 cm³/mol. The number of phenols is 1. The van der Waals surface area contributed by atoms with E-state index in [4.69, 9.17) is 11.5 Å². The number of aliphatic hydroxyl groups is 3. The van der Waals surface area contributed by atoms with Crippen LogP contribution < -0.4 is 11.5 Å².